The van der Waals surface area contributed by atoms with Gasteiger partial charge in [-0.05, 0) is 56.3 Å². The van der Waals surface area contributed by atoms with Gasteiger partial charge in [-0.3, -0.25) is 9.59 Å². The zero-order valence-corrected chi connectivity index (χ0v) is 15.3. The summed E-state index contributed by atoms with van der Waals surface area (Å²) in [6, 6.07) is 12.9. The lowest BCUT2D eigenvalue weighted by Gasteiger charge is -2.18. The quantitative estimate of drug-likeness (QED) is 0.745. The number of carbonyl (C=O) groups excluding carboxylic acids is 2. The second-order valence-corrected chi connectivity index (χ2v) is 5.72. The lowest BCUT2D eigenvalue weighted by molar-refractivity contribution is -0.139. The van der Waals surface area contributed by atoms with Crippen LogP contribution in [0.2, 0.25) is 0 Å². The number of carboxylic acids is 1. The highest BCUT2D eigenvalue weighted by Crippen LogP contribution is 2.16. The maximum absolute atomic E-state index is 12.4. The average Bonchev–Trinajstić information content (AvgIpc) is 2.68. The molecule has 7 heteroatoms. The van der Waals surface area contributed by atoms with Crippen molar-refractivity contribution in [1.29, 1.82) is 0 Å². The van der Waals surface area contributed by atoms with Crippen molar-refractivity contribution < 1.29 is 24.2 Å². The van der Waals surface area contributed by atoms with Gasteiger partial charge >= 0.3 is 5.97 Å². The van der Waals surface area contributed by atoms with Crippen molar-refractivity contribution in [1.82, 2.24) is 4.90 Å². The van der Waals surface area contributed by atoms with E-state index < -0.39 is 12.6 Å². The molecule has 0 aromatic heterocycles. The van der Waals surface area contributed by atoms with E-state index >= 15 is 0 Å². The molecule has 0 spiro atoms. The molecule has 0 atom stereocenters. The summed E-state index contributed by atoms with van der Waals surface area (Å²) < 4.78 is 5.07. The first-order valence-electron chi connectivity index (χ1n) is 8.60. The van der Waals surface area contributed by atoms with Gasteiger partial charge in [-0.25, -0.2) is 4.79 Å². The first-order valence-corrected chi connectivity index (χ1v) is 8.60. The Morgan fingerprint density at radius 3 is 2.26 bits per heavy atom. The Morgan fingerprint density at radius 2 is 1.67 bits per heavy atom. The van der Waals surface area contributed by atoms with E-state index in [0.29, 0.717) is 35.7 Å². The van der Waals surface area contributed by atoms with Crippen molar-refractivity contribution in [2.24, 2.45) is 0 Å². The lowest BCUT2D eigenvalue weighted by atomic mass is 10.1. The second-order valence-electron chi connectivity index (χ2n) is 5.72. The summed E-state index contributed by atoms with van der Waals surface area (Å²) in [6.07, 6.45) is 0. The van der Waals surface area contributed by atoms with Crippen molar-refractivity contribution in [2.75, 3.05) is 25.0 Å². The number of aliphatic carboxylic acids is 1. The Morgan fingerprint density at radius 1 is 1.00 bits per heavy atom. The Balaban J connectivity index is 2.04. The Hall–Kier alpha value is -3.35. The number of benzene rings is 2. The molecule has 0 bridgehead atoms. The molecule has 2 rings (SSSR count). The second kappa shape index (κ2) is 9.38. The zero-order valence-electron chi connectivity index (χ0n) is 15.3. The molecule has 0 radical (unpaired) electrons. The molecule has 2 amide bonds. The molecule has 142 valence electrons. The monoisotopic (exact) mass is 370 g/mol. The third-order valence-corrected chi connectivity index (χ3v) is 3.90. The molecule has 0 unspecified atom stereocenters. The van der Waals surface area contributed by atoms with Crippen molar-refractivity contribution in [3.05, 3.63) is 59.7 Å². The van der Waals surface area contributed by atoms with Crippen LogP contribution in [0.4, 0.5) is 5.69 Å². The molecular formula is C20H22N2O5. The number of hydrogen-bond acceptors (Lipinski definition) is 4. The normalized spacial score (nSPS) is 10.1. The number of rotatable bonds is 8. The topological polar surface area (TPSA) is 95.9 Å². The molecule has 2 aromatic rings. The maximum Gasteiger partial charge on any atom is 0.341 e. The van der Waals surface area contributed by atoms with Crippen molar-refractivity contribution in [3.8, 4) is 5.75 Å². The van der Waals surface area contributed by atoms with Crippen LogP contribution in [-0.2, 0) is 4.79 Å². The third-order valence-electron chi connectivity index (χ3n) is 3.90. The lowest BCUT2D eigenvalue weighted by Crippen LogP contribution is -2.30. The van der Waals surface area contributed by atoms with E-state index in [9.17, 15) is 14.4 Å². The van der Waals surface area contributed by atoms with Crippen LogP contribution < -0.4 is 10.1 Å². The summed E-state index contributed by atoms with van der Waals surface area (Å²) in [5, 5.41) is 11.4. The summed E-state index contributed by atoms with van der Waals surface area (Å²) in [5.74, 6) is -1.21. The van der Waals surface area contributed by atoms with Crippen molar-refractivity contribution in [2.45, 2.75) is 13.8 Å². The molecule has 0 saturated heterocycles. The molecule has 7 nitrogen and oxygen atoms in total. The molecule has 0 aliphatic heterocycles. The summed E-state index contributed by atoms with van der Waals surface area (Å²) in [4.78, 5) is 36.9. The third kappa shape index (κ3) is 5.57. The van der Waals surface area contributed by atoms with Gasteiger partial charge in [0.25, 0.3) is 11.8 Å². The van der Waals surface area contributed by atoms with E-state index in [0.717, 1.165) is 0 Å². The Bertz CT molecular complexity index is 813. The van der Waals surface area contributed by atoms with Crippen molar-refractivity contribution in [3.63, 3.8) is 0 Å². The van der Waals surface area contributed by atoms with Gasteiger partial charge in [0, 0.05) is 29.9 Å². The van der Waals surface area contributed by atoms with Gasteiger partial charge in [-0.15, -0.1) is 0 Å². The molecule has 0 fully saturated rings. The maximum atomic E-state index is 12.4. The standard InChI is InChI=1S/C20H22N2O5/c1-3-22(4-2)20(26)14-8-10-16(11-9-14)21-19(25)15-6-5-7-17(12-15)27-13-18(23)24/h5-12H,3-4,13H2,1-2H3,(H,21,25)(H,23,24). The smallest absolute Gasteiger partial charge is 0.341 e. The van der Waals surface area contributed by atoms with Gasteiger partial charge in [0.15, 0.2) is 6.61 Å². The molecule has 2 N–H and O–H groups in total. The van der Waals surface area contributed by atoms with Gasteiger partial charge in [-0.2, -0.15) is 0 Å². The number of carbonyl (C=O) groups is 3. The van der Waals surface area contributed by atoms with Gasteiger partial charge in [0.1, 0.15) is 5.75 Å². The molecule has 2 aromatic carbocycles. The molecule has 27 heavy (non-hydrogen) atoms. The SMILES string of the molecule is CCN(CC)C(=O)c1ccc(NC(=O)c2cccc(OCC(=O)O)c2)cc1. The Kier molecular flexibility index (Phi) is 6.93. The van der Waals surface area contributed by atoms with E-state index in [1.807, 2.05) is 13.8 Å². The predicted octanol–water partition coefficient (Wildman–Crippen LogP) is 2.88. The summed E-state index contributed by atoms with van der Waals surface area (Å²) in [7, 11) is 0. The first-order chi connectivity index (χ1) is 12.9. The predicted molar refractivity (Wildman–Crippen MR) is 101 cm³/mol. The molecule has 0 aliphatic rings. The van der Waals surface area contributed by atoms with Crippen LogP contribution in [0, 0.1) is 0 Å². The number of nitrogens with zero attached hydrogens (tertiary/aromatic N) is 1. The number of ether oxygens (including phenoxy) is 1. The fraction of sp³-hybridized carbons (Fsp3) is 0.250. The average molecular weight is 370 g/mol. The highest BCUT2D eigenvalue weighted by atomic mass is 16.5. The fourth-order valence-corrected chi connectivity index (χ4v) is 2.46. The summed E-state index contributed by atoms with van der Waals surface area (Å²) in [5.41, 5.74) is 1.44. The van der Waals surface area contributed by atoms with Crippen LogP contribution in [0.1, 0.15) is 34.6 Å². The summed E-state index contributed by atoms with van der Waals surface area (Å²) in [6.45, 7) is 4.63. The van der Waals surface area contributed by atoms with E-state index in [2.05, 4.69) is 5.32 Å². The minimum atomic E-state index is -1.09. The van der Waals surface area contributed by atoms with E-state index in [1.54, 1.807) is 47.4 Å². The highest BCUT2D eigenvalue weighted by molar-refractivity contribution is 6.04. The van der Waals surface area contributed by atoms with Crippen LogP contribution >= 0.6 is 0 Å². The van der Waals surface area contributed by atoms with Gasteiger partial charge in [0.2, 0.25) is 0 Å². The molecule has 0 aliphatic carbocycles. The largest absolute Gasteiger partial charge is 0.482 e. The minimum absolute atomic E-state index is 0.0545. The fourth-order valence-electron chi connectivity index (χ4n) is 2.46. The van der Waals surface area contributed by atoms with Crippen LogP contribution in [0.15, 0.2) is 48.5 Å². The van der Waals surface area contributed by atoms with E-state index in [-0.39, 0.29) is 11.8 Å². The van der Waals surface area contributed by atoms with Crippen LogP contribution in [0.5, 0.6) is 5.75 Å². The van der Waals surface area contributed by atoms with E-state index in [4.69, 9.17) is 9.84 Å². The van der Waals surface area contributed by atoms with E-state index in [1.165, 1.54) is 6.07 Å². The highest BCUT2D eigenvalue weighted by Gasteiger charge is 2.13. The first kappa shape index (κ1) is 20.0. The minimum Gasteiger partial charge on any atom is -0.482 e. The molecule has 0 heterocycles. The van der Waals surface area contributed by atoms with Crippen LogP contribution in [-0.4, -0.2) is 47.5 Å². The van der Waals surface area contributed by atoms with Gasteiger partial charge in [0.05, 0.1) is 0 Å². The number of carboxylic acid groups (broad SMARTS) is 1. The molecule has 0 saturated carbocycles. The summed E-state index contributed by atoms with van der Waals surface area (Å²) >= 11 is 0. The number of anilines is 1. The van der Waals surface area contributed by atoms with Crippen LogP contribution in [0.3, 0.4) is 0 Å². The number of hydrogen-bond donors (Lipinski definition) is 2. The zero-order chi connectivity index (χ0) is 19.8. The Labute approximate surface area is 157 Å². The number of nitrogens with one attached hydrogen (secondary N) is 1. The van der Waals surface area contributed by atoms with Crippen molar-refractivity contribution >= 4 is 23.5 Å². The van der Waals surface area contributed by atoms with Crippen LogP contribution in [0.25, 0.3) is 0 Å². The van der Waals surface area contributed by atoms with Gasteiger partial charge < -0.3 is 20.1 Å². The van der Waals surface area contributed by atoms with Gasteiger partial charge in [-0.1, -0.05) is 6.07 Å². The number of amides is 2. The molecular weight excluding hydrogens is 348 g/mol.